The number of hydrogen-bond donors (Lipinski definition) is 2. The van der Waals surface area contributed by atoms with Crippen molar-refractivity contribution >= 4 is 6.01 Å². The number of hydrogen-bond acceptors (Lipinski definition) is 6. The molecule has 3 fully saturated rings. The Morgan fingerprint density at radius 2 is 2.20 bits per heavy atom. The van der Waals surface area contributed by atoms with Gasteiger partial charge < -0.3 is 19.7 Å². The number of fused-ring (bicyclic) bond motifs is 1. The highest BCUT2D eigenvalue weighted by Gasteiger charge is 2.43. The number of anilines is 1. The highest BCUT2D eigenvalue weighted by atomic mass is 16.4. The summed E-state index contributed by atoms with van der Waals surface area (Å²) >= 11 is 0. The average molecular weight is 278 g/mol. The number of aromatic nitrogens is 2. The zero-order chi connectivity index (χ0) is 13.6. The minimum atomic E-state index is -0.501. The van der Waals surface area contributed by atoms with Crippen LogP contribution in [-0.2, 0) is 0 Å². The first-order chi connectivity index (χ1) is 9.74. The zero-order valence-electron chi connectivity index (χ0n) is 11.7. The molecule has 1 aliphatic carbocycles. The van der Waals surface area contributed by atoms with Crippen LogP contribution in [0.4, 0.5) is 6.01 Å². The van der Waals surface area contributed by atoms with E-state index in [1.807, 2.05) is 0 Å². The molecule has 0 spiro atoms. The Morgan fingerprint density at radius 3 is 3.00 bits per heavy atom. The van der Waals surface area contributed by atoms with Crippen LogP contribution in [0, 0.1) is 5.92 Å². The van der Waals surface area contributed by atoms with Crippen LogP contribution in [0.5, 0.6) is 0 Å². The molecule has 2 saturated heterocycles. The molecule has 20 heavy (non-hydrogen) atoms. The summed E-state index contributed by atoms with van der Waals surface area (Å²) in [4.78, 5) is 2.14. The molecule has 2 aliphatic heterocycles. The molecule has 0 amide bonds. The van der Waals surface area contributed by atoms with Gasteiger partial charge in [0.25, 0.3) is 0 Å². The highest BCUT2D eigenvalue weighted by molar-refractivity contribution is 5.27. The minimum Gasteiger partial charge on any atom is -0.408 e. The largest absolute Gasteiger partial charge is 0.408 e. The molecule has 1 aromatic heterocycles. The summed E-state index contributed by atoms with van der Waals surface area (Å²) in [5.41, 5.74) is -0.501. The maximum atomic E-state index is 10.7. The second-order valence-electron chi connectivity index (χ2n) is 6.50. The van der Waals surface area contributed by atoms with Crippen molar-refractivity contribution in [3.8, 4) is 0 Å². The van der Waals surface area contributed by atoms with Gasteiger partial charge in [0.15, 0.2) is 0 Å². The standard InChI is InChI=1S/C14H22N4O2/c19-14-4-6-15-8-11(14)9-18(7-5-14)13-17-16-12(20-13)10-2-1-3-10/h10-11,15,19H,1-9H2/t11-,14-/m1/s1. The molecule has 2 N–H and O–H groups in total. The van der Waals surface area contributed by atoms with Gasteiger partial charge >= 0.3 is 6.01 Å². The lowest BCUT2D eigenvalue weighted by Gasteiger charge is -2.47. The van der Waals surface area contributed by atoms with Crippen LogP contribution in [0.1, 0.15) is 43.9 Å². The summed E-state index contributed by atoms with van der Waals surface area (Å²) in [6.45, 7) is 3.39. The molecule has 110 valence electrons. The van der Waals surface area contributed by atoms with Gasteiger partial charge in [0.2, 0.25) is 5.89 Å². The van der Waals surface area contributed by atoms with Crippen molar-refractivity contribution < 1.29 is 9.52 Å². The molecular formula is C14H22N4O2. The topological polar surface area (TPSA) is 74.4 Å². The summed E-state index contributed by atoms with van der Waals surface area (Å²) in [6, 6.07) is 0.638. The maximum absolute atomic E-state index is 10.7. The van der Waals surface area contributed by atoms with Crippen molar-refractivity contribution in [2.45, 2.75) is 43.6 Å². The van der Waals surface area contributed by atoms with E-state index in [4.69, 9.17) is 4.42 Å². The lowest BCUT2D eigenvalue weighted by Crippen LogP contribution is -2.59. The van der Waals surface area contributed by atoms with Crippen molar-refractivity contribution in [3.05, 3.63) is 5.89 Å². The molecule has 2 atom stereocenters. The Labute approximate surface area is 118 Å². The van der Waals surface area contributed by atoms with Gasteiger partial charge in [-0.3, -0.25) is 0 Å². The fourth-order valence-corrected chi connectivity index (χ4v) is 3.57. The Bertz CT molecular complexity index is 487. The predicted molar refractivity (Wildman–Crippen MR) is 73.6 cm³/mol. The first-order valence-corrected chi connectivity index (χ1v) is 7.76. The minimum absolute atomic E-state index is 0.254. The molecular weight excluding hydrogens is 256 g/mol. The van der Waals surface area contributed by atoms with E-state index >= 15 is 0 Å². The second kappa shape index (κ2) is 4.70. The molecule has 1 aromatic rings. The molecule has 0 unspecified atom stereocenters. The summed E-state index contributed by atoms with van der Waals surface area (Å²) in [5.74, 6) is 1.53. The Balaban J connectivity index is 1.48. The van der Waals surface area contributed by atoms with Crippen LogP contribution >= 0.6 is 0 Å². The summed E-state index contributed by atoms with van der Waals surface area (Å²) in [7, 11) is 0. The third kappa shape index (κ3) is 2.02. The first kappa shape index (κ1) is 12.6. The number of nitrogens with zero attached hydrogens (tertiary/aromatic N) is 3. The monoisotopic (exact) mass is 278 g/mol. The normalized spacial score (nSPS) is 34.6. The van der Waals surface area contributed by atoms with Gasteiger partial charge in [-0.15, -0.1) is 5.10 Å². The number of rotatable bonds is 2. The van der Waals surface area contributed by atoms with Gasteiger partial charge in [0.1, 0.15) is 0 Å². The molecule has 6 heteroatoms. The number of nitrogens with one attached hydrogen (secondary N) is 1. The Hall–Kier alpha value is -1.14. The van der Waals surface area contributed by atoms with E-state index in [0.717, 1.165) is 44.9 Å². The van der Waals surface area contributed by atoms with Gasteiger partial charge in [-0.2, -0.15) is 0 Å². The van der Waals surface area contributed by atoms with Crippen LogP contribution in [0.3, 0.4) is 0 Å². The molecule has 1 saturated carbocycles. The highest BCUT2D eigenvalue weighted by Crippen LogP contribution is 2.38. The fourth-order valence-electron chi connectivity index (χ4n) is 3.57. The van der Waals surface area contributed by atoms with Crippen LogP contribution < -0.4 is 10.2 Å². The zero-order valence-corrected chi connectivity index (χ0v) is 11.7. The van der Waals surface area contributed by atoms with Gasteiger partial charge in [-0.25, -0.2) is 0 Å². The van der Waals surface area contributed by atoms with E-state index in [1.165, 1.54) is 19.3 Å². The van der Waals surface area contributed by atoms with Gasteiger partial charge in [0, 0.05) is 31.5 Å². The smallest absolute Gasteiger partial charge is 0.318 e. The van der Waals surface area contributed by atoms with Crippen LogP contribution in [0.2, 0.25) is 0 Å². The first-order valence-electron chi connectivity index (χ1n) is 7.76. The summed E-state index contributed by atoms with van der Waals surface area (Å²) < 4.78 is 5.84. The quantitative estimate of drug-likeness (QED) is 0.837. The van der Waals surface area contributed by atoms with Crippen LogP contribution in [0.25, 0.3) is 0 Å². The van der Waals surface area contributed by atoms with Crippen molar-refractivity contribution in [1.29, 1.82) is 0 Å². The van der Waals surface area contributed by atoms with E-state index in [1.54, 1.807) is 0 Å². The molecule has 3 heterocycles. The predicted octanol–water partition coefficient (Wildman–Crippen LogP) is 0.888. The van der Waals surface area contributed by atoms with Gasteiger partial charge in [-0.1, -0.05) is 11.5 Å². The van der Waals surface area contributed by atoms with Crippen molar-refractivity contribution in [3.63, 3.8) is 0 Å². The van der Waals surface area contributed by atoms with Crippen molar-refractivity contribution in [2.24, 2.45) is 5.92 Å². The molecule has 0 radical (unpaired) electrons. The Morgan fingerprint density at radius 1 is 1.30 bits per heavy atom. The lowest BCUT2D eigenvalue weighted by atomic mass is 9.76. The van der Waals surface area contributed by atoms with E-state index in [2.05, 4.69) is 20.4 Å². The SMILES string of the molecule is O[C@@]12CCNC[C@@H]1CN(c1nnc(C3CCC3)o1)CC2. The summed E-state index contributed by atoms with van der Waals surface area (Å²) in [5, 5.41) is 22.4. The lowest BCUT2D eigenvalue weighted by molar-refractivity contribution is -0.0545. The van der Waals surface area contributed by atoms with E-state index in [-0.39, 0.29) is 5.92 Å². The van der Waals surface area contributed by atoms with E-state index < -0.39 is 5.60 Å². The second-order valence-corrected chi connectivity index (χ2v) is 6.50. The number of aliphatic hydroxyl groups is 1. The third-order valence-electron chi connectivity index (χ3n) is 5.30. The molecule has 4 rings (SSSR count). The maximum Gasteiger partial charge on any atom is 0.318 e. The number of piperidine rings is 2. The van der Waals surface area contributed by atoms with Crippen LogP contribution in [0.15, 0.2) is 4.42 Å². The molecule has 0 bridgehead atoms. The van der Waals surface area contributed by atoms with Gasteiger partial charge in [-0.05, 0) is 32.2 Å². The Kier molecular flexibility index (Phi) is 2.96. The average Bonchev–Trinajstić information content (AvgIpc) is 2.85. The fraction of sp³-hybridized carbons (Fsp3) is 0.857. The van der Waals surface area contributed by atoms with Gasteiger partial charge in [0.05, 0.1) is 5.60 Å². The van der Waals surface area contributed by atoms with Crippen molar-refractivity contribution in [1.82, 2.24) is 15.5 Å². The van der Waals surface area contributed by atoms with E-state index in [9.17, 15) is 5.11 Å². The third-order valence-corrected chi connectivity index (χ3v) is 5.30. The molecule has 0 aromatic carbocycles. The van der Waals surface area contributed by atoms with Crippen LogP contribution in [-0.4, -0.2) is 47.1 Å². The summed E-state index contributed by atoms with van der Waals surface area (Å²) in [6.07, 6.45) is 5.26. The molecule has 3 aliphatic rings. The van der Waals surface area contributed by atoms with Crippen molar-refractivity contribution in [2.75, 3.05) is 31.1 Å². The molecule has 6 nitrogen and oxygen atoms in total. The van der Waals surface area contributed by atoms with E-state index in [0.29, 0.717) is 11.9 Å².